The average Bonchev–Trinajstić information content (AvgIpc) is 3.11. The minimum absolute atomic E-state index is 0. The van der Waals surface area contributed by atoms with Crippen molar-refractivity contribution in [2.24, 2.45) is 12.0 Å². The first-order chi connectivity index (χ1) is 13.5. The fourth-order valence-corrected chi connectivity index (χ4v) is 2.97. The van der Waals surface area contributed by atoms with Crippen LogP contribution in [0.15, 0.2) is 29.5 Å². The van der Waals surface area contributed by atoms with Crippen molar-refractivity contribution in [1.82, 2.24) is 20.0 Å². The second-order valence-electron chi connectivity index (χ2n) is 6.37. The van der Waals surface area contributed by atoms with Crippen LogP contribution in [0.4, 0.5) is 0 Å². The van der Waals surface area contributed by atoms with E-state index in [0.29, 0.717) is 18.7 Å². The Balaban J connectivity index is 0.00000420. The average molecular weight is 517 g/mol. The van der Waals surface area contributed by atoms with Crippen molar-refractivity contribution in [3.8, 4) is 17.2 Å². The van der Waals surface area contributed by atoms with E-state index in [1.807, 2.05) is 38.6 Å². The summed E-state index contributed by atoms with van der Waals surface area (Å²) in [5.41, 5.74) is 2.11. The fraction of sp³-hybridized carbons (Fsp3) is 0.500. The molecule has 2 aromatic rings. The molecule has 29 heavy (non-hydrogen) atoms. The lowest BCUT2D eigenvalue weighted by Crippen LogP contribution is -2.38. The summed E-state index contributed by atoms with van der Waals surface area (Å²) in [5, 5.41) is 7.56. The van der Waals surface area contributed by atoms with Crippen molar-refractivity contribution in [2.75, 3.05) is 41.5 Å². The van der Waals surface area contributed by atoms with Gasteiger partial charge in [0, 0.05) is 63.2 Å². The predicted molar refractivity (Wildman–Crippen MR) is 126 cm³/mol. The maximum atomic E-state index is 5.52. The molecule has 0 saturated carbocycles. The topological polar surface area (TPSA) is 73.1 Å². The molecule has 1 aromatic heterocycles. The summed E-state index contributed by atoms with van der Waals surface area (Å²) in [5.74, 6) is 3.02. The van der Waals surface area contributed by atoms with Crippen molar-refractivity contribution in [3.05, 3.63) is 35.7 Å². The Morgan fingerprint density at radius 1 is 1.17 bits per heavy atom. The van der Waals surface area contributed by atoms with Gasteiger partial charge in [-0.1, -0.05) is 0 Å². The van der Waals surface area contributed by atoms with Crippen LogP contribution >= 0.6 is 24.0 Å². The van der Waals surface area contributed by atoms with Crippen molar-refractivity contribution in [2.45, 2.75) is 19.9 Å². The number of guanidine groups is 1. The van der Waals surface area contributed by atoms with Gasteiger partial charge in [-0.3, -0.25) is 9.67 Å². The smallest absolute Gasteiger partial charge is 0.193 e. The summed E-state index contributed by atoms with van der Waals surface area (Å²) in [6.45, 7) is 4.18. The summed E-state index contributed by atoms with van der Waals surface area (Å²) in [6.07, 6.45) is 4.56. The molecule has 9 heteroatoms. The van der Waals surface area contributed by atoms with Crippen LogP contribution in [0.3, 0.4) is 0 Å². The van der Waals surface area contributed by atoms with Gasteiger partial charge >= 0.3 is 0 Å². The number of benzene rings is 1. The highest BCUT2D eigenvalue weighted by Crippen LogP contribution is 2.34. The zero-order valence-corrected chi connectivity index (χ0v) is 20.4. The first-order valence-corrected chi connectivity index (χ1v) is 9.28. The van der Waals surface area contributed by atoms with Gasteiger partial charge in [0.25, 0.3) is 0 Å². The molecule has 0 aliphatic heterocycles. The molecule has 1 aromatic carbocycles. The molecule has 0 aliphatic carbocycles. The van der Waals surface area contributed by atoms with Crippen LogP contribution in [0, 0.1) is 0 Å². The van der Waals surface area contributed by atoms with Crippen LogP contribution in [0.1, 0.15) is 18.1 Å². The summed E-state index contributed by atoms with van der Waals surface area (Å²) in [4.78, 5) is 6.85. The van der Waals surface area contributed by atoms with Gasteiger partial charge in [0.05, 0.1) is 27.5 Å². The molecule has 1 N–H and O–H groups in total. The Kier molecular flexibility index (Phi) is 10.6. The number of hydrogen-bond acceptors (Lipinski definition) is 5. The summed E-state index contributed by atoms with van der Waals surface area (Å²) < 4.78 is 18.1. The molecule has 1 heterocycles. The van der Waals surface area contributed by atoms with Gasteiger partial charge in [-0.25, -0.2) is 0 Å². The molecule has 0 amide bonds. The third-order valence-corrected chi connectivity index (χ3v) is 4.32. The van der Waals surface area contributed by atoms with E-state index in [2.05, 4.69) is 22.2 Å². The first-order valence-electron chi connectivity index (χ1n) is 9.28. The number of methoxy groups -OCH3 is 3. The molecule has 0 bridgehead atoms. The van der Waals surface area contributed by atoms with Crippen LogP contribution in [0.25, 0.3) is 0 Å². The number of halogens is 1. The number of rotatable bonds is 9. The van der Waals surface area contributed by atoms with E-state index in [9.17, 15) is 0 Å². The molecule has 2 rings (SSSR count). The first kappa shape index (κ1) is 24.9. The maximum Gasteiger partial charge on any atom is 0.193 e. The third-order valence-electron chi connectivity index (χ3n) is 4.32. The Bertz CT molecular complexity index is 769. The summed E-state index contributed by atoms with van der Waals surface area (Å²) in [6, 6.07) is 3.72. The monoisotopic (exact) mass is 517 g/mol. The van der Waals surface area contributed by atoms with E-state index in [1.54, 1.807) is 26.0 Å². The van der Waals surface area contributed by atoms with E-state index >= 15 is 0 Å². The molecule has 162 valence electrons. The van der Waals surface area contributed by atoms with Gasteiger partial charge in [-0.15, -0.1) is 24.0 Å². The van der Waals surface area contributed by atoms with Gasteiger partial charge in [-0.2, -0.15) is 5.10 Å². The molecule has 0 radical (unpaired) electrons. The molecule has 0 spiro atoms. The number of ether oxygens (including phenoxy) is 3. The lowest BCUT2D eigenvalue weighted by Gasteiger charge is -2.21. The quantitative estimate of drug-likeness (QED) is 0.314. The summed E-state index contributed by atoms with van der Waals surface area (Å²) in [7, 11) is 8.85. The van der Waals surface area contributed by atoms with Gasteiger partial charge in [0.1, 0.15) is 17.2 Å². The molecule has 8 nitrogen and oxygen atoms in total. The van der Waals surface area contributed by atoms with E-state index < -0.39 is 0 Å². The second-order valence-corrected chi connectivity index (χ2v) is 6.37. The van der Waals surface area contributed by atoms with E-state index in [1.165, 1.54) is 0 Å². The number of aryl methyl sites for hydroxylation is 1. The lowest BCUT2D eigenvalue weighted by molar-refractivity contribution is 0.369. The molecule has 0 unspecified atom stereocenters. The van der Waals surface area contributed by atoms with Crippen molar-refractivity contribution >= 4 is 29.9 Å². The van der Waals surface area contributed by atoms with Gasteiger partial charge in [0.2, 0.25) is 0 Å². The Hall–Kier alpha value is -2.17. The van der Waals surface area contributed by atoms with E-state index in [0.717, 1.165) is 41.7 Å². The lowest BCUT2D eigenvalue weighted by atomic mass is 10.1. The minimum Gasteiger partial charge on any atom is -0.496 e. The number of aromatic nitrogens is 2. The van der Waals surface area contributed by atoms with E-state index in [4.69, 9.17) is 19.2 Å². The molecule has 0 saturated heterocycles. The minimum atomic E-state index is 0. The number of aliphatic imine (C=N–C) groups is 1. The largest absolute Gasteiger partial charge is 0.496 e. The Morgan fingerprint density at radius 2 is 1.83 bits per heavy atom. The number of nitrogens with one attached hydrogen (secondary N) is 1. The van der Waals surface area contributed by atoms with Crippen LogP contribution in [0.5, 0.6) is 17.2 Å². The van der Waals surface area contributed by atoms with Crippen LogP contribution in [-0.2, 0) is 20.0 Å². The normalized spacial score (nSPS) is 10.9. The van der Waals surface area contributed by atoms with Crippen LogP contribution in [0.2, 0.25) is 0 Å². The second kappa shape index (κ2) is 12.4. The molecule has 0 aliphatic rings. The number of nitrogens with zero attached hydrogens (tertiary/aromatic N) is 4. The zero-order chi connectivity index (χ0) is 20.5. The highest BCUT2D eigenvalue weighted by Gasteiger charge is 2.14. The Labute approximate surface area is 190 Å². The molecular weight excluding hydrogens is 485 g/mol. The zero-order valence-electron chi connectivity index (χ0n) is 18.1. The van der Waals surface area contributed by atoms with Crippen molar-refractivity contribution in [1.29, 1.82) is 0 Å². The van der Waals surface area contributed by atoms with Gasteiger partial charge in [-0.05, 0) is 13.3 Å². The third kappa shape index (κ3) is 6.98. The maximum absolute atomic E-state index is 5.52. The van der Waals surface area contributed by atoms with Gasteiger partial charge in [0.15, 0.2) is 5.96 Å². The van der Waals surface area contributed by atoms with E-state index in [-0.39, 0.29) is 24.0 Å². The van der Waals surface area contributed by atoms with Crippen LogP contribution < -0.4 is 19.5 Å². The molecule has 0 fully saturated rings. The predicted octanol–water partition coefficient (Wildman–Crippen LogP) is 2.70. The van der Waals surface area contributed by atoms with Crippen molar-refractivity contribution < 1.29 is 14.2 Å². The van der Waals surface area contributed by atoms with Crippen LogP contribution in [-0.4, -0.2) is 62.1 Å². The Morgan fingerprint density at radius 3 is 2.31 bits per heavy atom. The molecular formula is C20H32IN5O3. The summed E-state index contributed by atoms with van der Waals surface area (Å²) >= 11 is 0. The van der Waals surface area contributed by atoms with Gasteiger partial charge < -0.3 is 24.4 Å². The molecule has 0 atom stereocenters. The van der Waals surface area contributed by atoms with Crippen molar-refractivity contribution in [3.63, 3.8) is 0 Å². The standard InChI is InChI=1S/C20H31N5O3.HI/c1-7-21-20(24(2)13-15-12-23-25(3)14-15)22-9-8-17-18(27-5)10-16(26-4)11-19(17)28-6;/h10-12,14H,7-9,13H2,1-6H3,(H,21,22);1H. The SMILES string of the molecule is CCNC(=NCCc1c(OC)cc(OC)cc1OC)N(C)Cc1cnn(C)c1.I. The highest BCUT2D eigenvalue weighted by molar-refractivity contribution is 14.0. The fourth-order valence-electron chi connectivity index (χ4n) is 2.97. The number of hydrogen-bond donors (Lipinski definition) is 1. The highest BCUT2D eigenvalue weighted by atomic mass is 127.